The van der Waals surface area contributed by atoms with Crippen molar-refractivity contribution < 1.29 is 37.6 Å². The van der Waals surface area contributed by atoms with Crippen LogP contribution in [-0.4, -0.2) is 41.5 Å². The van der Waals surface area contributed by atoms with Crippen LogP contribution in [-0.2, 0) is 4.79 Å². The minimum Gasteiger partial charge on any atom is -0.497 e. The average Bonchev–Trinajstić information content (AvgIpc) is 2.95. The first kappa shape index (κ1) is 25.0. The monoisotopic (exact) mass is 518 g/mol. The van der Waals surface area contributed by atoms with Gasteiger partial charge in [0.2, 0.25) is 11.2 Å². The molecule has 0 bridgehead atoms. The molecule has 0 N–H and O–H groups in total. The van der Waals surface area contributed by atoms with E-state index in [2.05, 4.69) is 0 Å². The second-order valence-electron chi connectivity index (χ2n) is 8.59. The van der Waals surface area contributed by atoms with Gasteiger partial charge in [0.05, 0.1) is 47.5 Å². The molecule has 1 atom stereocenters. The number of methoxy groups -OCH3 is 5. The number of carbonyl (C=O) groups is 1. The van der Waals surface area contributed by atoms with Crippen LogP contribution < -0.4 is 33.8 Å². The molecule has 0 unspecified atom stereocenters. The van der Waals surface area contributed by atoms with Gasteiger partial charge in [-0.15, -0.1) is 0 Å². The van der Waals surface area contributed by atoms with Crippen LogP contribution in [0, 0.1) is 0 Å². The topological polar surface area (TPSA) is 103 Å². The Balaban J connectivity index is 1.77. The predicted octanol–water partition coefficient (Wildman–Crippen LogP) is 4.94. The Morgan fingerprint density at radius 1 is 0.789 bits per heavy atom. The molecule has 9 heteroatoms. The quantitative estimate of drug-likeness (QED) is 0.248. The summed E-state index contributed by atoms with van der Waals surface area (Å²) in [7, 11) is 7.57. The first-order chi connectivity index (χ1) is 18.4. The van der Waals surface area contributed by atoms with Gasteiger partial charge < -0.3 is 32.8 Å². The normalized spacial score (nSPS) is 14.4. The number of fused-ring (bicyclic) bond motifs is 3. The number of ether oxygens (including phenoxy) is 6. The number of benzene rings is 3. The van der Waals surface area contributed by atoms with Crippen molar-refractivity contribution in [2.45, 2.75) is 12.3 Å². The van der Waals surface area contributed by atoms with Crippen molar-refractivity contribution >= 4 is 16.9 Å². The number of carbonyl (C=O) groups excluding carboxylic acids is 1. The summed E-state index contributed by atoms with van der Waals surface area (Å²) in [5.41, 5.74) is 2.26. The Hall–Kier alpha value is -4.66. The average molecular weight is 519 g/mol. The van der Waals surface area contributed by atoms with Gasteiger partial charge >= 0.3 is 5.97 Å². The van der Waals surface area contributed by atoms with Crippen LogP contribution in [0.3, 0.4) is 0 Å². The summed E-state index contributed by atoms with van der Waals surface area (Å²) < 4.78 is 39.0. The highest BCUT2D eigenvalue weighted by molar-refractivity contribution is 5.94. The van der Waals surface area contributed by atoms with Crippen LogP contribution in [0.15, 0.2) is 57.9 Å². The van der Waals surface area contributed by atoms with Crippen LogP contribution in [0.5, 0.6) is 34.5 Å². The molecule has 1 aromatic heterocycles. The number of hydrogen-bond acceptors (Lipinski definition) is 9. The van der Waals surface area contributed by atoms with E-state index in [4.69, 9.17) is 32.8 Å². The molecular formula is C29H26O9. The van der Waals surface area contributed by atoms with Crippen LogP contribution in [0.4, 0.5) is 0 Å². The molecule has 0 aliphatic carbocycles. The van der Waals surface area contributed by atoms with E-state index < -0.39 is 11.9 Å². The highest BCUT2D eigenvalue weighted by atomic mass is 16.5. The van der Waals surface area contributed by atoms with E-state index in [0.717, 1.165) is 0 Å². The van der Waals surface area contributed by atoms with Gasteiger partial charge in [-0.05, 0) is 35.4 Å². The Bertz CT molecular complexity index is 1560. The molecule has 0 amide bonds. The van der Waals surface area contributed by atoms with Gasteiger partial charge in [0, 0.05) is 17.5 Å². The summed E-state index contributed by atoms with van der Waals surface area (Å²) in [6.07, 6.45) is 1.42. The summed E-state index contributed by atoms with van der Waals surface area (Å²) in [5.74, 6) is 1.49. The first-order valence-electron chi connectivity index (χ1n) is 11.7. The number of rotatable bonds is 7. The lowest BCUT2D eigenvalue weighted by atomic mass is 9.84. The maximum atomic E-state index is 13.8. The van der Waals surface area contributed by atoms with Gasteiger partial charge in [-0.25, -0.2) is 0 Å². The maximum absolute atomic E-state index is 13.8. The molecule has 38 heavy (non-hydrogen) atoms. The molecule has 0 spiro atoms. The molecule has 1 aliphatic heterocycles. The number of esters is 1. The molecule has 0 radical (unpaired) electrons. The standard InChI is InChI=1S/C29H26O9/c1-32-17-8-6-15(7-9-17)19-14-37-29-25-18(16-10-22(34-3)28(36-5)23(11-16)35-4)12-24(30)38-21(25)13-20(33-2)26(29)27(19)31/h6-11,13-14,18H,12H2,1-5H3/t18-/m1/s1. The smallest absolute Gasteiger partial charge is 0.312 e. The van der Waals surface area contributed by atoms with E-state index in [-0.39, 0.29) is 34.3 Å². The van der Waals surface area contributed by atoms with E-state index in [0.29, 0.717) is 45.3 Å². The molecule has 0 fully saturated rings. The van der Waals surface area contributed by atoms with Crippen molar-refractivity contribution in [3.05, 3.63) is 70.1 Å². The minimum absolute atomic E-state index is 0.0109. The van der Waals surface area contributed by atoms with Gasteiger partial charge in [0.25, 0.3) is 0 Å². The van der Waals surface area contributed by atoms with E-state index in [1.807, 2.05) is 0 Å². The highest BCUT2D eigenvalue weighted by Gasteiger charge is 2.35. The lowest BCUT2D eigenvalue weighted by Gasteiger charge is -2.27. The van der Waals surface area contributed by atoms with E-state index in [1.54, 1.807) is 49.6 Å². The molecule has 5 rings (SSSR count). The second kappa shape index (κ2) is 10.0. The van der Waals surface area contributed by atoms with E-state index in [1.165, 1.54) is 34.7 Å². The summed E-state index contributed by atoms with van der Waals surface area (Å²) >= 11 is 0. The molecule has 196 valence electrons. The molecule has 3 aromatic carbocycles. The zero-order valence-corrected chi connectivity index (χ0v) is 21.6. The fraction of sp³-hybridized carbons (Fsp3) is 0.241. The van der Waals surface area contributed by atoms with Gasteiger partial charge in [0.15, 0.2) is 11.5 Å². The molecule has 1 aliphatic rings. The van der Waals surface area contributed by atoms with Crippen LogP contribution in [0.2, 0.25) is 0 Å². The Morgan fingerprint density at radius 2 is 1.45 bits per heavy atom. The molecule has 0 saturated carbocycles. The third kappa shape index (κ3) is 4.06. The third-order valence-electron chi connectivity index (χ3n) is 6.67. The molecule has 0 saturated heterocycles. The van der Waals surface area contributed by atoms with Crippen molar-refractivity contribution in [2.75, 3.05) is 35.5 Å². The van der Waals surface area contributed by atoms with E-state index >= 15 is 0 Å². The maximum Gasteiger partial charge on any atom is 0.312 e. The van der Waals surface area contributed by atoms with Gasteiger partial charge in [0.1, 0.15) is 34.5 Å². The minimum atomic E-state index is -0.525. The van der Waals surface area contributed by atoms with Crippen LogP contribution >= 0.6 is 0 Å². The largest absolute Gasteiger partial charge is 0.497 e. The van der Waals surface area contributed by atoms with Crippen molar-refractivity contribution in [2.24, 2.45) is 0 Å². The van der Waals surface area contributed by atoms with Crippen LogP contribution in [0.25, 0.3) is 22.1 Å². The van der Waals surface area contributed by atoms with Gasteiger partial charge in [-0.2, -0.15) is 0 Å². The Kier molecular flexibility index (Phi) is 6.59. The summed E-state index contributed by atoms with van der Waals surface area (Å²) in [5, 5.41) is 0.245. The van der Waals surface area contributed by atoms with Gasteiger partial charge in [-0.3, -0.25) is 9.59 Å². The fourth-order valence-corrected chi connectivity index (χ4v) is 4.84. The third-order valence-corrected chi connectivity index (χ3v) is 6.67. The zero-order valence-electron chi connectivity index (χ0n) is 21.6. The highest BCUT2D eigenvalue weighted by Crippen LogP contribution is 2.49. The second-order valence-corrected chi connectivity index (χ2v) is 8.59. The summed E-state index contributed by atoms with van der Waals surface area (Å²) in [6, 6.07) is 12.2. The van der Waals surface area contributed by atoms with Crippen molar-refractivity contribution in [3.63, 3.8) is 0 Å². The first-order valence-corrected chi connectivity index (χ1v) is 11.7. The van der Waals surface area contributed by atoms with Crippen molar-refractivity contribution in [1.82, 2.24) is 0 Å². The number of hydrogen-bond donors (Lipinski definition) is 0. The van der Waals surface area contributed by atoms with E-state index in [9.17, 15) is 9.59 Å². The lowest BCUT2D eigenvalue weighted by Crippen LogP contribution is -2.22. The lowest BCUT2D eigenvalue weighted by molar-refractivity contribution is -0.135. The molecule has 9 nitrogen and oxygen atoms in total. The molecular weight excluding hydrogens is 492 g/mol. The predicted molar refractivity (Wildman–Crippen MR) is 139 cm³/mol. The zero-order chi connectivity index (χ0) is 27.0. The SMILES string of the molecule is COc1ccc(-c2coc3c4c(cc(OC)c3c2=O)OC(=O)C[C@@H]4c2cc(OC)c(OC)c(OC)c2)cc1. The van der Waals surface area contributed by atoms with Crippen molar-refractivity contribution in [3.8, 4) is 45.6 Å². The fourth-order valence-electron chi connectivity index (χ4n) is 4.84. The Morgan fingerprint density at radius 3 is 2.03 bits per heavy atom. The summed E-state index contributed by atoms with van der Waals surface area (Å²) in [4.78, 5) is 26.5. The summed E-state index contributed by atoms with van der Waals surface area (Å²) in [6.45, 7) is 0. The van der Waals surface area contributed by atoms with Gasteiger partial charge in [-0.1, -0.05) is 12.1 Å². The molecule has 4 aromatic rings. The Labute approximate surface area is 218 Å². The van der Waals surface area contributed by atoms with Crippen molar-refractivity contribution in [1.29, 1.82) is 0 Å². The molecule has 2 heterocycles. The van der Waals surface area contributed by atoms with Crippen LogP contribution in [0.1, 0.15) is 23.5 Å².